The van der Waals surface area contributed by atoms with Crippen LogP contribution in [0.2, 0.25) is 0 Å². The average Bonchev–Trinajstić information content (AvgIpc) is 1.79. The summed E-state index contributed by atoms with van der Waals surface area (Å²) in [6.07, 6.45) is 0. The topological polar surface area (TPSA) is 288 Å². The molecule has 0 fully saturated rings. The average molecular weight is 504 g/mol. The molecule has 0 aliphatic rings. The predicted octanol–water partition coefficient (Wildman–Crippen LogP) is -3.91. The minimum atomic E-state index is -3.64. The SMILES string of the molecule is CP(=O)(O)O.CP(=O)(O)O.CP(=O)(O)O.CP(=O)(O)O.CP(=O)(O)O.[H-].[Na+]. The molecule has 0 heterocycles. The van der Waals surface area contributed by atoms with Gasteiger partial charge >= 0.3 is 67.5 Å². The molecule has 0 saturated carbocycles. The summed E-state index contributed by atoms with van der Waals surface area (Å²) in [6.45, 7) is 4.27. The largest absolute Gasteiger partial charge is 1.00 e. The molecule has 0 aromatic heterocycles. The van der Waals surface area contributed by atoms with Crippen molar-refractivity contribution >= 4 is 38.0 Å². The van der Waals surface area contributed by atoms with E-state index < -0.39 is 38.0 Å². The maximum atomic E-state index is 9.33. The molecule has 0 radical (unpaired) electrons. The van der Waals surface area contributed by atoms with Crippen LogP contribution >= 0.6 is 38.0 Å². The van der Waals surface area contributed by atoms with Gasteiger partial charge in [0.2, 0.25) is 0 Å². The second kappa shape index (κ2) is 17.6. The molecule has 0 aromatic carbocycles. The molecule has 26 heavy (non-hydrogen) atoms. The van der Waals surface area contributed by atoms with Crippen LogP contribution < -0.4 is 29.6 Å². The Labute approximate surface area is 173 Å². The van der Waals surface area contributed by atoms with E-state index >= 15 is 0 Å². The van der Waals surface area contributed by atoms with Gasteiger partial charge in [0.25, 0.3) is 0 Å². The van der Waals surface area contributed by atoms with Crippen molar-refractivity contribution in [2.24, 2.45) is 0 Å². The third kappa shape index (κ3) is 5150. The minimum Gasteiger partial charge on any atom is -1.00 e. The minimum absolute atomic E-state index is 0. The van der Waals surface area contributed by atoms with E-state index in [9.17, 15) is 22.8 Å². The first-order valence-corrected chi connectivity index (χ1v) is 15.4. The van der Waals surface area contributed by atoms with Gasteiger partial charge in [0.05, 0.1) is 0 Å². The van der Waals surface area contributed by atoms with Gasteiger partial charge in [-0.3, -0.25) is 22.8 Å². The van der Waals surface area contributed by atoms with E-state index in [0.717, 1.165) is 33.3 Å². The number of rotatable bonds is 0. The van der Waals surface area contributed by atoms with Crippen molar-refractivity contribution in [3.05, 3.63) is 0 Å². The molecule has 0 bridgehead atoms. The summed E-state index contributed by atoms with van der Waals surface area (Å²) in [5.74, 6) is 0. The van der Waals surface area contributed by atoms with Gasteiger partial charge < -0.3 is 50.4 Å². The van der Waals surface area contributed by atoms with E-state index in [1.165, 1.54) is 0 Å². The van der Waals surface area contributed by atoms with Crippen LogP contribution in [-0.4, -0.2) is 82.3 Å². The number of hydrogen-bond donors (Lipinski definition) is 10. The van der Waals surface area contributed by atoms with E-state index in [1.54, 1.807) is 0 Å². The summed E-state index contributed by atoms with van der Waals surface area (Å²) in [5, 5.41) is 0. The van der Waals surface area contributed by atoms with Crippen LogP contribution in [0.5, 0.6) is 0 Å². The summed E-state index contributed by atoms with van der Waals surface area (Å²) in [5.41, 5.74) is 0. The molecule has 21 heteroatoms. The van der Waals surface area contributed by atoms with Gasteiger partial charge in [-0.05, 0) is 0 Å². The molecule has 0 amide bonds. The van der Waals surface area contributed by atoms with Gasteiger partial charge in [-0.25, -0.2) is 0 Å². The van der Waals surface area contributed by atoms with Crippen LogP contribution in [0, 0.1) is 0 Å². The smallest absolute Gasteiger partial charge is 1.00 e. The summed E-state index contributed by atoms with van der Waals surface area (Å²) >= 11 is 0. The van der Waals surface area contributed by atoms with Crippen LogP contribution in [-0.2, 0) is 22.8 Å². The third-order valence-corrected chi connectivity index (χ3v) is 0. The van der Waals surface area contributed by atoms with Crippen molar-refractivity contribution in [1.29, 1.82) is 0 Å². The Morgan fingerprint density at radius 1 is 0.385 bits per heavy atom. The normalized spacial score (nSPS) is 11.3. The Morgan fingerprint density at radius 3 is 0.385 bits per heavy atom. The fourth-order valence-corrected chi connectivity index (χ4v) is 0. The van der Waals surface area contributed by atoms with Crippen molar-refractivity contribution in [3.8, 4) is 0 Å². The standard InChI is InChI=1S/5CH5O3P.Na.H/c5*1-5(2,3)4;;/h5*1H3,(H2,2,3,4);;/q;;;;;+1;-1. The van der Waals surface area contributed by atoms with Crippen molar-refractivity contribution in [3.63, 3.8) is 0 Å². The summed E-state index contributed by atoms with van der Waals surface area (Å²) in [4.78, 5) is 76.3. The Hall–Kier alpha value is 1.75. The van der Waals surface area contributed by atoms with Gasteiger partial charge in [-0.1, -0.05) is 0 Å². The monoisotopic (exact) mass is 504 g/mol. The third-order valence-electron chi connectivity index (χ3n) is 0. The molecule has 15 nitrogen and oxygen atoms in total. The summed E-state index contributed by atoms with van der Waals surface area (Å²) in [7, 11) is -18.2. The van der Waals surface area contributed by atoms with E-state index in [1.807, 2.05) is 0 Å². The van der Waals surface area contributed by atoms with Crippen molar-refractivity contribution in [2.45, 2.75) is 0 Å². The Morgan fingerprint density at radius 2 is 0.385 bits per heavy atom. The van der Waals surface area contributed by atoms with Crippen LogP contribution in [0.25, 0.3) is 0 Å². The van der Waals surface area contributed by atoms with Crippen molar-refractivity contribution in [2.75, 3.05) is 33.3 Å². The first kappa shape index (κ1) is 42.0. The first-order valence-electron chi connectivity index (χ1n) is 5.15. The van der Waals surface area contributed by atoms with Gasteiger partial charge in [0.1, 0.15) is 0 Å². The summed E-state index contributed by atoms with van der Waals surface area (Å²) < 4.78 is 46.6. The molecule has 0 aliphatic carbocycles. The maximum absolute atomic E-state index is 9.33. The summed E-state index contributed by atoms with van der Waals surface area (Å²) in [6, 6.07) is 0. The molecular weight excluding hydrogens is 478 g/mol. The van der Waals surface area contributed by atoms with Gasteiger partial charge in [0, 0.05) is 33.3 Å². The second-order valence-corrected chi connectivity index (χ2v) is 12.5. The van der Waals surface area contributed by atoms with Crippen LogP contribution in [0.1, 0.15) is 1.43 Å². The van der Waals surface area contributed by atoms with Crippen molar-refractivity contribution in [1.82, 2.24) is 0 Å². The maximum Gasteiger partial charge on any atom is 1.00 e. The fourth-order valence-electron chi connectivity index (χ4n) is 0. The number of hydrogen-bond acceptors (Lipinski definition) is 5. The molecule has 0 aliphatic heterocycles. The molecule has 0 atom stereocenters. The van der Waals surface area contributed by atoms with Gasteiger partial charge in [-0.15, -0.1) is 0 Å². The van der Waals surface area contributed by atoms with Crippen LogP contribution in [0.3, 0.4) is 0 Å². The molecule has 0 aromatic rings. The molecule has 10 N–H and O–H groups in total. The molecule has 0 saturated heterocycles. The quantitative estimate of drug-likeness (QED) is 0.111. The first-order chi connectivity index (χ1) is 10.0. The zero-order valence-electron chi connectivity index (χ0n) is 15.7. The fraction of sp³-hybridized carbons (Fsp3) is 1.00. The Bertz CT molecular complexity index is 394. The van der Waals surface area contributed by atoms with E-state index in [-0.39, 0.29) is 31.0 Å². The second-order valence-electron chi connectivity index (χ2n) is 4.18. The Balaban J connectivity index is -0.0000000364. The van der Waals surface area contributed by atoms with E-state index in [4.69, 9.17) is 48.9 Å². The van der Waals surface area contributed by atoms with Crippen LogP contribution in [0.15, 0.2) is 0 Å². The van der Waals surface area contributed by atoms with Gasteiger partial charge in [0.15, 0.2) is 0 Å². The Kier molecular flexibility index (Phi) is 28.4. The zero-order chi connectivity index (χ0) is 22.5. The van der Waals surface area contributed by atoms with Gasteiger partial charge in [-0.2, -0.15) is 0 Å². The van der Waals surface area contributed by atoms with E-state index in [0.29, 0.717) is 0 Å². The van der Waals surface area contributed by atoms with Crippen LogP contribution in [0.4, 0.5) is 0 Å². The zero-order valence-corrected chi connectivity index (χ0v) is 21.2. The molecule has 162 valence electrons. The van der Waals surface area contributed by atoms with Crippen molar-refractivity contribution < 1.29 is 103 Å². The molecule has 0 unspecified atom stereocenters. The predicted molar refractivity (Wildman–Crippen MR) is 91.0 cm³/mol. The molecular formula is C5H26NaO15P5. The van der Waals surface area contributed by atoms with E-state index in [2.05, 4.69) is 0 Å². The molecule has 0 spiro atoms. The molecule has 0 rings (SSSR count).